The van der Waals surface area contributed by atoms with Gasteiger partial charge in [0, 0.05) is 24.2 Å². The van der Waals surface area contributed by atoms with Crippen molar-refractivity contribution in [3.63, 3.8) is 0 Å². The minimum atomic E-state index is -0.243. The van der Waals surface area contributed by atoms with Crippen molar-refractivity contribution in [2.45, 2.75) is 20.1 Å². The van der Waals surface area contributed by atoms with E-state index in [1.165, 1.54) is 6.07 Å². The fraction of sp³-hybridized carbons (Fsp3) is 0.350. The maximum atomic E-state index is 13.7. The van der Waals surface area contributed by atoms with E-state index in [1.54, 1.807) is 25.3 Å². The van der Waals surface area contributed by atoms with Crippen LogP contribution in [-0.4, -0.2) is 32.8 Å². The quantitative estimate of drug-likeness (QED) is 0.410. The average Bonchev–Trinajstić information content (AvgIpc) is 2.67. The Kier molecular flexibility index (Phi) is 8.42. The van der Waals surface area contributed by atoms with Crippen molar-refractivity contribution < 1.29 is 13.9 Å². The van der Waals surface area contributed by atoms with Crippen molar-refractivity contribution in [1.29, 1.82) is 0 Å². The molecule has 0 unspecified atom stereocenters. The topological polar surface area (TPSA) is 54.9 Å². The third-order valence-corrected chi connectivity index (χ3v) is 3.70. The van der Waals surface area contributed by atoms with Crippen LogP contribution in [0.4, 0.5) is 4.39 Å². The molecule has 0 aliphatic heterocycles. The van der Waals surface area contributed by atoms with E-state index in [2.05, 4.69) is 15.6 Å². The zero-order valence-electron chi connectivity index (χ0n) is 15.3. The van der Waals surface area contributed by atoms with Gasteiger partial charge >= 0.3 is 0 Å². The van der Waals surface area contributed by atoms with Crippen LogP contribution in [-0.2, 0) is 17.9 Å². The molecular formula is C20H26FN3O2. The van der Waals surface area contributed by atoms with Gasteiger partial charge in [-0.1, -0.05) is 36.4 Å². The highest BCUT2D eigenvalue weighted by molar-refractivity contribution is 5.79. The van der Waals surface area contributed by atoms with Crippen molar-refractivity contribution >= 4 is 5.96 Å². The first-order valence-electron chi connectivity index (χ1n) is 8.69. The number of aliphatic imine (C=N–C) groups is 1. The number of nitrogens with zero attached hydrogens (tertiary/aromatic N) is 1. The smallest absolute Gasteiger partial charge is 0.191 e. The number of ether oxygens (including phenoxy) is 2. The van der Waals surface area contributed by atoms with E-state index < -0.39 is 0 Å². The molecule has 6 heteroatoms. The van der Waals surface area contributed by atoms with Gasteiger partial charge < -0.3 is 20.1 Å². The fourth-order valence-electron chi connectivity index (χ4n) is 2.38. The molecule has 140 valence electrons. The normalized spacial score (nSPS) is 11.3. The van der Waals surface area contributed by atoms with E-state index in [4.69, 9.17) is 9.47 Å². The van der Waals surface area contributed by atoms with Crippen LogP contribution in [0.2, 0.25) is 0 Å². The molecule has 0 fully saturated rings. The first-order valence-corrected chi connectivity index (χ1v) is 8.69. The third kappa shape index (κ3) is 6.37. The van der Waals surface area contributed by atoms with Gasteiger partial charge in [0.25, 0.3) is 0 Å². The molecule has 0 amide bonds. The fourth-order valence-corrected chi connectivity index (χ4v) is 2.38. The molecule has 0 heterocycles. The SMILES string of the molecule is CCNC(=NCc1ccccc1F)NCCOCc1ccccc1OC. The Morgan fingerprint density at radius 3 is 2.50 bits per heavy atom. The van der Waals surface area contributed by atoms with E-state index in [0.717, 1.165) is 17.9 Å². The maximum absolute atomic E-state index is 13.7. The zero-order valence-corrected chi connectivity index (χ0v) is 15.3. The summed E-state index contributed by atoms with van der Waals surface area (Å²) < 4.78 is 24.6. The Hall–Kier alpha value is -2.60. The Labute approximate surface area is 154 Å². The van der Waals surface area contributed by atoms with E-state index >= 15 is 0 Å². The van der Waals surface area contributed by atoms with Gasteiger partial charge in [-0.2, -0.15) is 0 Å². The van der Waals surface area contributed by atoms with E-state index in [0.29, 0.717) is 31.3 Å². The van der Waals surface area contributed by atoms with Crippen LogP contribution in [0.5, 0.6) is 5.75 Å². The lowest BCUT2D eigenvalue weighted by Gasteiger charge is -2.12. The molecule has 0 aliphatic rings. The molecule has 2 aromatic rings. The van der Waals surface area contributed by atoms with Crippen LogP contribution < -0.4 is 15.4 Å². The number of hydrogen-bond acceptors (Lipinski definition) is 3. The zero-order chi connectivity index (χ0) is 18.6. The number of methoxy groups -OCH3 is 1. The summed E-state index contributed by atoms with van der Waals surface area (Å²) in [4.78, 5) is 4.41. The molecule has 0 saturated heterocycles. The number of benzene rings is 2. The van der Waals surface area contributed by atoms with Crippen LogP contribution in [0.15, 0.2) is 53.5 Å². The van der Waals surface area contributed by atoms with Crippen LogP contribution in [0.1, 0.15) is 18.1 Å². The number of para-hydroxylation sites is 1. The number of guanidine groups is 1. The molecule has 26 heavy (non-hydrogen) atoms. The molecule has 2 rings (SSSR count). The van der Waals surface area contributed by atoms with Crippen molar-refractivity contribution in [3.8, 4) is 5.75 Å². The van der Waals surface area contributed by atoms with Gasteiger partial charge in [0.15, 0.2) is 5.96 Å². The summed E-state index contributed by atoms with van der Waals surface area (Å²) in [7, 11) is 1.65. The van der Waals surface area contributed by atoms with Crippen molar-refractivity contribution in [1.82, 2.24) is 10.6 Å². The second kappa shape index (κ2) is 11.1. The Morgan fingerprint density at radius 2 is 1.77 bits per heavy atom. The number of hydrogen-bond donors (Lipinski definition) is 2. The molecule has 5 nitrogen and oxygen atoms in total. The summed E-state index contributed by atoms with van der Waals surface area (Å²) in [5.74, 6) is 1.21. The molecule has 0 atom stereocenters. The Bertz CT molecular complexity index is 707. The van der Waals surface area contributed by atoms with Crippen LogP contribution in [0.25, 0.3) is 0 Å². The molecule has 2 aromatic carbocycles. The summed E-state index contributed by atoms with van der Waals surface area (Å²) in [6, 6.07) is 14.4. The monoisotopic (exact) mass is 359 g/mol. The molecular weight excluding hydrogens is 333 g/mol. The third-order valence-electron chi connectivity index (χ3n) is 3.70. The summed E-state index contributed by atoms with van der Waals surface area (Å²) >= 11 is 0. The van der Waals surface area contributed by atoms with Crippen LogP contribution in [0, 0.1) is 5.82 Å². The van der Waals surface area contributed by atoms with Gasteiger partial charge in [0.05, 0.1) is 26.9 Å². The molecule has 0 bridgehead atoms. The van der Waals surface area contributed by atoms with Gasteiger partial charge in [0.1, 0.15) is 11.6 Å². The second-order valence-electron chi connectivity index (χ2n) is 5.58. The summed E-state index contributed by atoms with van der Waals surface area (Å²) in [5, 5.41) is 6.33. The highest BCUT2D eigenvalue weighted by Crippen LogP contribution is 2.17. The number of halogens is 1. The van der Waals surface area contributed by atoms with Crippen molar-refractivity contribution in [3.05, 3.63) is 65.5 Å². The molecule has 0 saturated carbocycles. The van der Waals surface area contributed by atoms with Crippen LogP contribution >= 0.6 is 0 Å². The number of rotatable bonds is 9. The number of nitrogens with one attached hydrogen (secondary N) is 2. The van der Waals surface area contributed by atoms with Gasteiger partial charge in [-0.05, 0) is 19.1 Å². The van der Waals surface area contributed by atoms with Crippen molar-refractivity contribution in [2.75, 3.05) is 26.8 Å². The predicted octanol–water partition coefficient (Wildman–Crippen LogP) is 3.11. The molecule has 0 aliphatic carbocycles. The van der Waals surface area contributed by atoms with Gasteiger partial charge in [-0.25, -0.2) is 9.38 Å². The van der Waals surface area contributed by atoms with Gasteiger partial charge in [-0.15, -0.1) is 0 Å². The standard InChI is InChI=1S/C20H26FN3O2/c1-3-22-20(24-14-16-8-4-6-10-18(16)21)23-12-13-26-15-17-9-5-7-11-19(17)25-2/h4-11H,3,12-15H2,1-2H3,(H2,22,23,24). The lowest BCUT2D eigenvalue weighted by atomic mass is 10.2. The molecule has 0 aromatic heterocycles. The largest absolute Gasteiger partial charge is 0.496 e. The average molecular weight is 359 g/mol. The van der Waals surface area contributed by atoms with Gasteiger partial charge in [-0.3, -0.25) is 0 Å². The lowest BCUT2D eigenvalue weighted by Crippen LogP contribution is -2.39. The van der Waals surface area contributed by atoms with E-state index in [9.17, 15) is 4.39 Å². The minimum absolute atomic E-state index is 0.243. The highest BCUT2D eigenvalue weighted by Gasteiger charge is 2.03. The van der Waals surface area contributed by atoms with Crippen molar-refractivity contribution in [2.24, 2.45) is 4.99 Å². The molecule has 2 N–H and O–H groups in total. The minimum Gasteiger partial charge on any atom is -0.496 e. The first-order chi connectivity index (χ1) is 12.7. The van der Waals surface area contributed by atoms with E-state index in [-0.39, 0.29) is 12.4 Å². The van der Waals surface area contributed by atoms with Gasteiger partial charge in [0.2, 0.25) is 0 Å². The van der Waals surface area contributed by atoms with Crippen LogP contribution in [0.3, 0.4) is 0 Å². The summed E-state index contributed by atoms with van der Waals surface area (Å²) in [6.07, 6.45) is 0. The molecule has 0 spiro atoms. The summed E-state index contributed by atoms with van der Waals surface area (Å²) in [5.41, 5.74) is 1.58. The van der Waals surface area contributed by atoms with E-state index in [1.807, 2.05) is 31.2 Å². The highest BCUT2D eigenvalue weighted by atomic mass is 19.1. The maximum Gasteiger partial charge on any atom is 0.191 e. The second-order valence-corrected chi connectivity index (χ2v) is 5.58. The lowest BCUT2D eigenvalue weighted by molar-refractivity contribution is 0.123. The summed E-state index contributed by atoms with van der Waals surface area (Å²) in [6.45, 7) is 4.59. The Balaban J connectivity index is 1.77. The Morgan fingerprint density at radius 1 is 1.04 bits per heavy atom. The first kappa shape index (κ1) is 19.7. The molecule has 0 radical (unpaired) electrons. The predicted molar refractivity (Wildman–Crippen MR) is 102 cm³/mol.